The molecule has 0 aromatic heterocycles. The van der Waals surface area contributed by atoms with Crippen molar-refractivity contribution in [1.29, 1.82) is 0 Å². The maximum Gasteiger partial charge on any atom is 0.333 e. The van der Waals surface area contributed by atoms with Gasteiger partial charge in [0.15, 0.2) is 5.79 Å². The van der Waals surface area contributed by atoms with Crippen LogP contribution in [0.25, 0.3) is 0 Å². The molecule has 0 aromatic rings. The highest BCUT2D eigenvalue weighted by Gasteiger charge is 2.61. The van der Waals surface area contributed by atoms with Crippen molar-refractivity contribution in [3.8, 4) is 0 Å². The summed E-state index contributed by atoms with van der Waals surface area (Å²) in [6, 6.07) is 0. The van der Waals surface area contributed by atoms with E-state index >= 15 is 0 Å². The Morgan fingerprint density at radius 3 is 2.58 bits per heavy atom. The SMILES string of the molecule is C/C=C(\C)C(=O)OCC1=C[C@@H]2C(=O)O[C@H]3C[C@@H](C/C=C(/C)C[C@@H](C)/C=C\C=C4\CO[C@@H]([C@H]1OC)[C@]42O)O[C@]1(C3)O[C@H](/C(C)=C/C)[C@@H](C)C[C@@H]1O. The first kappa shape index (κ1) is 38.4. The van der Waals surface area contributed by atoms with Crippen LogP contribution in [-0.4, -0.2) is 90.5 Å². The predicted octanol–water partition coefficient (Wildman–Crippen LogP) is 5.59. The standard InChI is InChI=1S/C40H56O10/c1-9-25(5)34-27(7)17-33(41)39(50-34)20-31-19-30(49-39)15-14-24(4)16-23(3)12-11-13-29-22-46-36-35(45-8)28(21-47-37(42)26(6)10-2)18-32(38(43)48-31)40(29,36)44/h9-14,18,23,27,30-36,41,44H,15-17,19-22H2,1-8H3/b12-11-,24-14-,25-9+,26-10+,29-13-/t23-,27-,30+,31-,32+,33-,34+,35-,36-,39+,40-/m0/s1. The number of carbonyl (C=O) groups is 2. The second-order valence-corrected chi connectivity index (χ2v) is 14.9. The molecule has 4 heterocycles. The molecule has 11 atom stereocenters. The van der Waals surface area contributed by atoms with Gasteiger partial charge >= 0.3 is 11.9 Å². The number of hydrogen-bond donors (Lipinski definition) is 2. The lowest BCUT2D eigenvalue weighted by molar-refractivity contribution is -0.363. The van der Waals surface area contributed by atoms with Crippen LogP contribution in [0.5, 0.6) is 0 Å². The number of aliphatic hydroxyl groups is 2. The second kappa shape index (κ2) is 15.8. The molecule has 0 radical (unpaired) electrons. The molecule has 5 aliphatic rings. The summed E-state index contributed by atoms with van der Waals surface area (Å²) >= 11 is 0. The zero-order chi connectivity index (χ0) is 36.4. The van der Waals surface area contributed by atoms with E-state index in [1.807, 2.05) is 32.1 Å². The van der Waals surface area contributed by atoms with Crippen LogP contribution >= 0.6 is 0 Å². The Morgan fingerprint density at radius 1 is 1.12 bits per heavy atom. The highest BCUT2D eigenvalue weighted by Crippen LogP contribution is 2.48. The van der Waals surface area contributed by atoms with E-state index in [-0.39, 0.29) is 37.6 Å². The molecule has 1 spiro atoms. The van der Waals surface area contributed by atoms with Crippen molar-refractivity contribution in [2.45, 2.75) is 129 Å². The van der Waals surface area contributed by atoms with E-state index in [9.17, 15) is 19.8 Å². The van der Waals surface area contributed by atoms with Crippen LogP contribution in [0.4, 0.5) is 0 Å². The van der Waals surface area contributed by atoms with E-state index in [2.05, 4.69) is 32.9 Å². The van der Waals surface area contributed by atoms with E-state index in [1.54, 1.807) is 26.0 Å². The molecule has 0 aromatic carbocycles. The minimum absolute atomic E-state index is 0.0583. The first-order valence-electron chi connectivity index (χ1n) is 18.0. The lowest BCUT2D eigenvalue weighted by atomic mass is 9.70. The van der Waals surface area contributed by atoms with Crippen LogP contribution in [0.15, 0.2) is 70.4 Å². The predicted molar refractivity (Wildman–Crippen MR) is 188 cm³/mol. The van der Waals surface area contributed by atoms with Gasteiger partial charge in [0.2, 0.25) is 0 Å². The van der Waals surface area contributed by atoms with Gasteiger partial charge in [0.05, 0.1) is 18.8 Å². The van der Waals surface area contributed by atoms with E-state index in [0.717, 1.165) is 12.0 Å². The number of ether oxygens (including phenoxy) is 6. The molecule has 0 amide bonds. The van der Waals surface area contributed by atoms with Gasteiger partial charge in [0.25, 0.3) is 0 Å². The molecule has 0 unspecified atom stereocenters. The van der Waals surface area contributed by atoms with E-state index < -0.39 is 59.8 Å². The van der Waals surface area contributed by atoms with E-state index in [4.69, 9.17) is 28.4 Å². The second-order valence-electron chi connectivity index (χ2n) is 14.9. The van der Waals surface area contributed by atoms with Crippen LogP contribution in [0.3, 0.4) is 0 Å². The summed E-state index contributed by atoms with van der Waals surface area (Å²) in [4.78, 5) is 27.1. The number of fused-ring (bicyclic) bond motifs is 2. The molecular formula is C40H56O10. The average Bonchev–Trinajstić information content (AvgIpc) is 3.42. The van der Waals surface area contributed by atoms with Gasteiger partial charge in [-0.15, -0.1) is 0 Å². The summed E-state index contributed by atoms with van der Waals surface area (Å²) in [6.45, 7) is 13.6. The van der Waals surface area contributed by atoms with Gasteiger partial charge in [-0.05, 0) is 82.4 Å². The molecule has 2 bridgehead atoms. The maximum atomic E-state index is 14.5. The normalized spacial score (nSPS) is 42.7. The summed E-state index contributed by atoms with van der Waals surface area (Å²) in [7, 11) is 1.50. The van der Waals surface area contributed by atoms with Crippen molar-refractivity contribution in [2.24, 2.45) is 17.8 Å². The van der Waals surface area contributed by atoms with Crippen LogP contribution in [-0.2, 0) is 38.0 Å². The number of hydrogen-bond acceptors (Lipinski definition) is 10. The Kier molecular flexibility index (Phi) is 12.1. The van der Waals surface area contributed by atoms with Gasteiger partial charge in [0, 0.05) is 25.5 Å². The fourth-order valence-electron chi connectivity index (χ4n) is 8.10. The van der Waals surface area contributed by atoms with Gasteiger partial charge in [-0.25, -0.2) is 4.79 Å². The Morgan fingerprint density at radius 2 is 1.88 bits per heavy atom. The Bertz CT molecular complexity index is 1470. The first-order chi connectivity index (χ1) is 23.8. The molecule has 0 saturated carbocycles. The van der Waals surface area contributed by atoms with Gasteiger partial charge in [0.1, 0.15) is 42.5 Å². The van der Waals surface area contributed by atoms with E-state index in [0.29, 0.717) is 36.0 Å². The third kappa shape index (κ3) is 7.66. The molecule has 10 heteroatoms. The molecule has 3 saturated heterocycles. The summed E-state index contributed by atoms with van der Waals surface area (Å²) in [5.41, 5.74) is 1.91. The summed E-state index contributed by atoms with van der Waals surface area (Å²) in [6.07, 6.45) is 11.6. The highest BCUT2D eigenvalue weighted by molar-refractivity contribution is 5.87. The van der Waals surface area contributed by atoms with Crippen LogP contribution in [0.1, 0.15) is 80.6 Å². The van der Waals surface area contributed by atoms with Gasteiger partial charge in [-0.3, -0.25) is 4.79 Å². The van der Waals surface area contributed by atoms with Crippen molar-refractivity contribution in [3.05, 3.63) is 70.4 Å². The molecule has 276 valence electrons. The first-order valence-corrected chi connectivity index (χ1v) is 18.0. The van der Waals surface area contributed by atoms with Crippen LogP contribution in [0, 0.1) is 17.8 Å². The number of esters is 2. The molecule has 50 heavy (non-hydrogen) atoms. The minimum atomic E-state index is -1.79. The summed E-state index contributed by atoms with van der Waals surface area (Å²) < 4.78 is 37.3. The largest absolute Gasteiger partial charge is 0.462 e. The fraction of sp³-hybridized carbons (Fsp3) is 0.650. The van der Waals surface area contributed by atoms with Crippen molar-refractivity contribution >= 4 is 11.9 Å². The van der Waals surface area contributed by atoms with Gasteiger partial charge < -0.3 is 38.6 Å². The average molecular weight is 697 g/mol. The number of carbonyl (C=O) groups excluding carboxylic acids is 2. The molecule has 5 rings (SSSR count). The van der Waals surface area contributed by atoms with E-state index in [1.165, 1.54) is 12.7 Å². The molecule has 10 nitrogen and oxygen atoms in total. The monoisotopic (exact) mass is 696 g/mol. The number of allylic oxidation sites excluding steroid dienone is 6. The summed E-state index contributed by atoms with van der Waals surface area (Å²) in [5, 5.41) is 24.2. The van der Waals surface area contributed by atoms with Crippen molar-refractivity contribution < 1.29 is 48.2 Å². The minimum Gasteiger partial charge on any atom is -0.462 e. The molecule has 4 aliphatic heterocycles. The molecule has 1 aliphatic carbocycles. The molecule has 2 N–H and O–H groups in total. The van der Waals surface area contributed by atoms with Gasteiger partial charge in [-0.2, -0.15) is 0 Å². The molecule has 3 fully saturated rings. The Hall–Kier alpha value is -2.86. The zero-order valence-electron chi connectivity index (χ0n) is 30.8. The number of aliphatic hydroxyl groups excluding tert-OH is 1. The summed E-state index contributed by atoms with van der Waals surface area (Å²) in [5.74, 6) is -3.47. The smallest absolute Gasteiger partial charge is 0.333 e. The number of rotatable bonds is 5. The van der Waals surface area contributed by atoms with Crippen molar-refractivity contribution in [1.82, 2.24) is 0 Å². The van der Waals surface area contributed by atoms with Crippen LogP contribution in [0.2, 0.25) is 0 Å². The zero-order valence-corrected chi connectivity index (χ0v) is 30.8. The lowest BCUT2D eigenvalue weighted by Crippen LogP contribution is -2.62. The van der Waals surface area contributed by atoms with Crippen LogP contribution < -0.4 is 0 Å². The quantitative estimate of drug-likeness (QED) is 0.213. The number of methoxy groups -OCH3 is 1. The van der Waals surface area contributed by atoms with Crippen molar-refractivity contribution in [3.63, 3.8) is 0 Å². The maximum absolute atomic E-state index is 14.5. The van der Waals surface area contributed by atoms with Gasteiger partial charge in [-0.1, -0.05) is 62.0 Å². The molecular weight excluding hydrogens is 640 g/mol. The van der Waals surface area contributed by atoms with Crippen molar-refractivity contribution in [2.75, 3.05) is 20.3 Å². The Balaban J connectivity index is 1.56. The highest BCUT2D eigenvalue weighted by atomic mass is 16.7. The third-order valence-electron chi connectivity index (χ3n) is 11.1. The topological polar surface area (TPSA) is 130 Å². The third-order valence-corrected chi connectivity index (χ3v) is 11.1. The Labute approximate surface area is 296 Å². The lowest BCUT2D eigenvalue weighted by Gasteiger charge is -2.52. The fourth-order valence-corrected chi connectivity index (χ4v) is 8.10.